The van der Waals surface area contributed by atoms with E-state index in [1.165, 1.54) is 10.1 Å². The molecule has 1 spiro atoms. The molecule has 4 nitrogen and oxygen atoms in total. The summed E-state index contributed by atoms with van der Waals surface area (Å²) < 4.78 is 12.5. The molecule has 122 valence electrons. The van der Waals surface area contributed by atoms with Crippen molar-refractivity contribution in [1.29, 1.82) is 0 Å². The Bertz CT molecular complexity index is 720. The first-order valence-electron chi connectivity index (χ1n) is 8.08. The van der Waals surface area contributed by atoms with Gasteiger partial charge in [-0.05, 0) is 28.8 Å². The largest absolute Gasteiger partial charge is 0.384 e. The van der Waals surface area contributed by atoms with Crippen molar-refractivity contribution in [3.8, 4) is 0 Å². The molecule has 0 bridgehead atoms. The lowest BCUT2D eigenvalue weighted by atomic mass is 9.81. The van der Waals surface area contributed by atoms with Crippen LogP contribution in [0.5, 0.6) is 0 Å². The number of ether oxygens (including phenoxy) is 2. The summed E-state index contributed by atoms with van der Waals surface area (Å²) in [5, 5.41) is 3.31. The summed E-state index contributed by atoms with van der Waals surface area (Å²) in [5.41, 5.74) is 0.986. The Morgan fingerprint density at radius 3 is 3.09 bits per heavy atom. The fourth-order valence-electron chi connectivity index (χ4n) is 3.79. The molecule has 2 aliphatic rings. The molecular weight excluding hydrogens is 310 g/mol. The number of carbonyl (C=O) groups is 1. The molecule has 0 N–H and O–H groups in total. The van der Waals surface area contributed by atoms with Gasteiger partial charge in [0, 0.05) is 24.3 Å². The third-order valence-electron chi connectivity index (χ3n) is 5.14. The lowest BCUT2D eigenvalue weighted by molar-refractivity contribution is -0.167. The molecule has 23 heavy (non-hydrogen) atoms. The van der Waals surface area contributed by atoms with Crippen molar-refractivity contribution >= 4 is 27.3 Å². The van der Waals surface area contributed by atoms with Crippen LogP contribution in [0.15, 0.2) is 29.6 Å². The Kier molecular flexibility index (Phi) is 3.87. The van der Waals surface area contributed by atoms with Crippen molar-refractivity contribution in [3.05, 3.63) is 35.2 Å². The lowest BCUT2D eigenvalue weighted by Gasteiger charge is -2.50. The molecule has 1 amide bonds. The predicted octanol–water partition coefficient (Wildman–Crippen LogP) is 2.71. The van der Waals surface area contributed by atoms with Gasteiger partial charge in [-0.2, -0.15) is 0 Å². The first kappa shape index (κ1) is 15.1. The van der Waals surface area contributed by atoms with Gasteiger partial charge in [-0.3, -0.25) is 4.79 Å². The smallest absolute Gasteiger partial charge is 0.227 e. The number of nitrogens with zero attached hydrogens (tertiary/aromatic N) is 1. The Morgan fingerprint density at radius 1 is 1.43 bits per heavy atom. The first-order chi connectivity index (χ1) is 11.2. The van der Waals surface area contributed by atoms with Gasteiger partial charge in [-0.1, -0.05) is 18.2 Å². The second-order valence-electron chi connectivity index (χ2n) is 6.54. The van der Waals surface area contributed by atoms with Crippen molar-refractivity contribution in [2.45, 2.75) is 18.4 Å². The van der Waals surface area contributed by atoms with Crippen LogP contribution in [0, 0.1) is 5.92 Å². The van der Waals surface area contributed by atoms with Crippen LogP contribution < -0.4 is 0 Å². The van der Waals surface area contributed by atoms with Crippen LogP contribution in [-0.4, -0.2) is 49.8 Å². The van der Waals surface area contributed by atoms with E-state index in [4.69, 9.17) is 9.47 Å². The van der Waals surface area contributed by atoms with Crippen molar-refractivity contribution < 1.29 is 14.3 Å². The van der Waals surface area contributed by atoms with E-state index in [0.29, 0.717) is 25.4 Å². The molecule has 0 saturated carbocycles. The van der Waals surface area contributed by atoms with Crippen molar-refractivity contribution in [3.63, 3.8) is 0 Å². The highest BCUT2D eigenvalue weighted by molar-refractivity contribution is 7.17. The minimum atomic E-state index is -0.150. The van der Waals surface area contributed by atoms with Gasteiger partial charge in [-0.25, -0.2) is 0 Å². The van der Waals surface area contributed by atoms with Crippen LogP contribution in [0.1, 0.15) is 12.0 Å². The fourth-order valence-corrected chi connectivity index (χ4v) is 4.75. The van der Waals surface area contributed by atoms with Gasteiger partial charge >= 0.3 is 0 Å². The number of hydrogen-bond donors (Lipinski definition) is 0. The minimum Gasteiger partial charge on any atom is -0.384 e. The number of thiophene rings is 1. The number of amides is 1. The average molecular weight is 331 g/mol. The quantitative estimate of drug-likeness (QED) is 0.865. The van der Waals surface area contributed by atoms with E-state index >= 15 is 0 Å². The predicted molar refractivity (Wildman–Crippen MR) is 90.8 cm³/mol. The normalized spacial score (nSPS) is 22.7. The van der Waals surface area contributed by atoms with Crippen LogP contribution >= 0.6 is 11.3 Å². The molecule has 2 aromatic rings. The van der Waals surface area contributed by atoms with Crippen LogP contribution in [0.4, 0.5) is 0 Å². The molecule has 1 aromatic heterocycles. The monoisotopic (exact) mass is 331 g/mol. The molecule has 5 heteroatoms. The Morgan fingerprint density at radius 2 is 2.26 bits per heavy atom. The Hall–Kier alpha value is -1.43. The molecule has 0 radical (unpaired) electrons. The molecule has 4 rings (SSSR count). The molecule has 3 heterocycles. The molecule has 2 aliphatic heterocycles. The Labute approximate surface area is 140 Å². The fraction of sp³-hybridized carbons (Fsp3) is 0.500. The van der Waals surface area contributed by atoms with E-state index < -0.39 is 0 Å². The summed E-state index contributed by atoms with van der Waals surface area (Å²) in [7, 11) is 1.73. The first-order valence-corrected chi connectivity index (χ1v) is 8.95. The van der Waals surface area contributed by atoms with Gasteiger partial charge in [-0.15, -0.1) is 11.3 Å². The SMILES string of the molecule is COCC1CCOC12CN(C(=O)Cc1csc3ccccc13)C2. The standard InChI is InChI=1S/C18H21NO3S/c1-21-9-14-6-7-22-18(14)11-19(12-18)17(20)8-13-10-23-16-5-3-2-4-15(13)16/h2-5,10,14H,6-9,11-12H2,1H3. The van der Waals surface area contributed by atoms with Crippen LogP contribution in [0.3, 0.4) is 0 Å². The van der Waals surface area contributed by atoms with Crippen molar-refractivity contribution in [2.75, 3.05) is 33.4 Å². The number of benzene rings is 1. The van der Waals surface area contributed by atoms with Gasteiger partial charge in [0.05, 0.1) is 26.1 Å². The average Bonchev–Trinajstić information content (AvgIpc) is 3.11. The highest BCUT2D eigenvalue weighted by Gasteiger charge is 2.54. The summed E-state index contributed by atoms with van der Waals surface area (Å²) in [4.78, 5) is 14.5. The number of fused-ring (bicyclic) bond motifs is 1. The van der Waals surface area contributed by atoms with Crippen molar-refractivity contribution in [1.82, 2.24) is 4.90 Å². The number of likely N-dealkylation sites (tertiary alicyclic amines) is 1. The van der Waals surface area contributed by atoms with Gasteiger partial charge < -0.3 is 14.4 Å². The molecule has 2 fully saturated rings. The van der Waals surface area contributed by atoms with Gasteiger partial charge in [0.1, 0.15) is 5.60 Å². The maximum Gasteiger partial charge on any atom is 0.227 e. The topological polar surface area (TPSA) is 38.8 Å². The van der Waals surface area contributed by atoms with Crippen LogP contribution in [-0.2, 0) is 20.7 Å². The Balaban J connectivity index is 1.42. The molecular formula is C18H21NO3S. The molecule has 2 saturated heterocycles. The van der Waals surface area contributed by atoms with E-state index in [1.54, 1.807) is 18.4 Å². The number of hydrogen-bond acceptors (Lipinski definition) is 4. The minimum absolute atomic E-state index is 0.150. The van der Waals surface area contributed by atoms with E-state index in [1.807, 2.05) is 17.0 Å². The zero-order chi connectivity index (χ0) is 15.9. The molecule has 1 atom stereocenters. The maximum absolute atomic E-state index is 12.6. The van der Waals surface area contributed by atoms with Gasteiger partial charge in [0.25, 0.3) is 0 Å². The van der Waals surface area contributed by atoms with Crippen molar-refractivity contribution in [2.24, 2.45) is 5.92 Å². The van der Waals surface area contributed by atoms with E-state index in [-0.39, 0.29) is 11.5 Å². The second-order valence-corrected chi connectivity index (χ2v) is 7.45. The number of methoxy groups -OCH3 is 1. The highest BCUT2D eigenvalue weighted by atomic mass is 32.1. The number of rotatable bonds is 4. The second kappa shape index (κ2) is 5.89. The third kappa shape index (κ3) is 2.57. The zero-order valence-corrected chi connectivity index (χ0v) is 14.1. The zero-order valence-electron chi connectivity index (χ0n) is 13.3. The summed E-state index contributed by atoms with van der Waals surface area (Å²) >= 11 is 1.71. The summed E-state index contributed by atoms with van der Waals surface area (Å²) in [6.45, 7) is 2.92. The lowest BCUT2D eigenvalue weighted by Crippen LogP contribution is -2.66. The van der Waals surface area contributed by atoms with Gasteiger partial charge in [0.15, 0.2) is 0 Å². The van der Waals surface area contributed by atoms with Gasteiger partial charge in [0.2, 0.25) is 5.91 Å². The van der Waals surface area contributed by atoms with E-state index in [9.17, 15) is 4.79 Å². The highest BCUT2D eigenvalue weighted by Crippen LogP contribution is 2.40. The summed E-state index contributed by atoms with van der Waals surface area (Å²) in [6, 6.07) is 8.27. The third-order valence-corrected chi connectivity index (χ3v) is 6.15. The van der Waals surface area contributed by atoms with Crippen LogP contribution in [0.2, 0.25) is 0 Å². The van der Waals surface area contributed by atoms with E-state index in [2.05, 4.69) is 17.5 Å². The van der Waals surface area contributed by atoms with Crippen LogP contribution in [0.25, 0.3) is 10.1 Å². The maximum atomic E-state index is 12.6. The summed E-state index contributed by atoms with van der Waals surface area (Å²) in [6.07, 6.45) is 1.51. The van der Waals surface area contributed by atoms with E-state index in [0.717, 1.165) is 25.2 Å². The molecule has 0 aliphatic carbocycles. The molecule has 1 aromatic carbocycles. The summed E-state index contributed by atoms with van der Waals surface area (Å²) in [5.74, 6) is 0.615. The number of carbonyl (C=O) groups excluding carboxylic acids is 1. The molecule has 1 unspecified atom stereocenters.